The van der Waals surface area contributed by atoms with E-state index in [2.05, 4.69) is 5.32 Å². The normalized spacial score (nSPS) is 18.4. The fraction of sp³-hybridized carbons (Fsp3) is 0.778. The molecule has 0 aromatic heterocycles. The largest absolute Gasteiger partial charge is 0.481 e. The highest BCUT2D eigenvalue weighted by Crippen LogP contribution is 2.44. The number of hydrogen-bond donors (Lipinski definition) is 3. The highest BCUT2D eigenvalue weighted by molar-refractivity contribution is 5.85. The van der Waals surface area contributed by atoms with Gasteiger partial charge in [-0.05, 0) is 12.8 Å². The Morgan fingerprint density at radius 3 is 2.36 bits per heavy atom. The minimum absolute atomic E-state index is 0.0301. The van der Waals surface area contributed by atoms with Crippen molar-refractivity contribution >= 4 is 11.9 Å². The van der Waals surface area contributed by atoms with Crippen LogP contribution in [0.25, 0.3) is 0 Å². The summed E-state index contributed by atoms with van der Waals surface area (Å²) in [6.07, 6.45) is 2.06. The average Bonchev–Trinajstić information content (AvgIpc) is 2.07. The van der Waals surface area contributed by atoms with Crippen LogP contribution in [0.1, 0.15) is 25.7 Å². The van der Waals surface area contributed by atoms with E-state index in [-0.39, 0.29) is 25.5 Å². The van der Waals surface area contributed by atoms with E-state index in [9.17, 15) is 9.59 Å². The molecular weight excluding hydrogens is 186 g/mol. The quantitative estimate of drug-likeness (QED) is 0.572. The van der Waals surface area contributed by atoms with E-state index in [1.807, 2.05) is 0 Å². The molecule has 3 N–H and O–H groups in total. The van der Waals surface area contributed by atoms with Gasteiger partial charge in [0.1, 0.15) is 0 Å². The summed E-state index contributed by atoms with van der Waals surface area (Å²) in [7, 11) is 0. The van der Waals surface area contributed by atoms with Crippen molar-refractivity contribution in [2.75, 3.05) is 13.2 Å². The van der Waals surface area contributed by atoms with E-state index >= 15 is 0 Å². The van der Waals surface area contributed by atoms with Crippen LogP contribution < -0.4 is 5.32 Å². The number of aliphatic hydroxyl groups excluding tert-OH is 1. The summed E-state index contributed by atoms with van der Waals surface area (Å²) in [5, 5.41) is 19.9. The van der Waals surface area contributed by atoms with Crippen molar-refractivity contribution in [2.45, 2.75) is 25.7 Å². The molecule has 0 bridgehead atoms. The highest BCUT2D eigenvalue weighted by atomic mass is 16.4. The molecule has 1 fully saturated rings. The summed E-state index contributed by atoms with van der Waals surface area (Å²) in [4.78, 5) is 22.1. The van der Waals surface area contributed by atoms with Gasteiger partial charge in [0, 0.05) is 13.0 Å². The Morgan fingerprint density at radius 2 is 2.00 bits per heavy atom. The Kier molecular flexibility index (Phi) is 3.46. The van der Waals surface area contributed by atoms with Crippen LogP contribution in [0, 0.1) is 5.41 Å². The molecule has 0 spiro atoms. The monoisotopic (exact) mass is 201 g/mol. The number of aliphatic hydroxyl groups is 1. The van der Waals surface area contributed by atoms with E-state index < -0.39 is 11.4 Å². The van der Waals surface area contributed by atoms with Gasteiger partial charge in [-0.25, -0.2) is 0 Å². The fourth-order valence-electron chi connectivity index (χ4n) is 1.63. The van der Waals surface area contributed by atoms with Crippen molar-refractivity contribution in [1.82, 2.24) is 5.32 Å². The molecule has 0 aromatic rings. The van der Waals surface area contributed by atoms with Gasteiger partial charge in [0.15, 0.2) is 0 Å². The van der Waals surface area contributed by atoms with Crippen LogP contribution in [-0.2, 0) is 9.59 Å². The summed E-state index contributed by atoms with van der Waals surface area (Å²) < 4.78 is 0. The molecule has 1 aliphatic carbocycles. The second-order valence-corrected chi connectivity index (χ2v) is 3.69. The molecule has 0 saturated heterocycles. The SMILES string of the molecule is O=C(CC1(C(=O)O)CCC1)NCCO. The van der Waals surface area contributed by atoms with Crippen molar-refractivity contribution in [3.8, 4) is 0 Å². The summed E-state index contributed by atoms with van der Waals surface area (Å²) >= 11 is 0. The molecule has 0 unspecified atom stereocenters. The van der Waals surface area contributed by atoms with Crippen LogP contribution >= 0.6 is 0 Å². The lowest BCUT2D eigenvalue weighted by atomic mass is 9.66. The van der Waals surface area contributed by atoms with Crippen LogP contribution in [0.4, 0.5) is 0 Å². The maximum absolute atomic E-state index is 11.2. The van der Waals surface area contributed by atoms with Gasteiger partial charge in [-0.15, -0.1) is 0 Å². The average molecular weight is 201 g/mol. The van der Waals surface area contributed by atoms with Gasteiger partial charge in [-0.3, -0.25) is 9.59 Å². The van der Waals surface area contributed by atoms with Crippen molar-refractivity contribution in [3.63, 3.8) is 0 Å². The number of hydrogen-bond acceptors (Lipinski definition) is 3. The Bertz CT molecular complexity index is 235. The Morgan fingerprint density at radius 1 is 1.36 bits per heavy atom. The molecule has 14 heavy (non-hydrogen) atoms. The molecule has 0 heterocycles. The van der Waals surface area contributed by atoms with Crippen LogP contribution in [-0.4, -0.2) is 35.2 Å². The standard InChI is InChI=1S/C9H15NO4/c11-5-4-10-7(12)6-9(8(13)14)2-1-3-9/h11H,1-6H2,(H,10,12)(H,13,14). The molecule has 1 saturated carbocycles. The van der Waals surface area contributed by atoms with Crippen LogP contribution in [0.5, 0.6) is 0 Å². The smallest absolute Gasteiger partial charge is 0.310 e. The van der Waals surface area contributed by atoms with Crippen molar-refractivity contribution < 1.29 is 19.8 Å². The van der Waals surface area contributed by atoms with Gasteiger partial charge in [-0.2, -0.15) is 0 Å². The number of carbonyl (C=O) groups excluding carboxylic acids is 1. The first-order valence-corrected chi connectivity index (χ1v) is 4.72. The number of carboxylic acids is 1. The predicted molar refractivity (Wildman–Crippen MR) is 48.6 cm³/mol. The van der Waals surface area contributed by atoms with E-state index in [1.165, 1.54) is 0 Å². The first-order valence-electron chi connectivity index (χ1n) is 4.72. The number of carboxylic acid groups (broad SMARTS) is 1. The minimum Gasteiger partial charge on any atom is -0.481 e. The molecule has 80 valence electrons. The number of rotatable bonds is 5. The molecule has 0 aromatic carbocycles. The Hall–Kier alpha value is -1.10. The first kappa shape index (κ1) is 11.0. The van der Waals surface area contributed by atoms with E-state index in [4.69, 9.17) is 10.2 Å². The summed E-state index contributed by atoms with van der Waals surface area (Å²) in [5.41, 5.74) is -0.834. The maximum Gasteiger partial charge on any atom is 0.310 e. The van der Waals surface area contributed by atoms with Gasteiger partial charge in [0.2, 0.25) is 5.91 Å². The lowest BCUT2D eigenvalue weighted by Crippen LogP contribution is -2.42. The molecule has 0 aliphatic heterocycles. The zero-order chi connectivity index (χ0) is 10.6. The summed E-state index contributed by atoms with van der Waals surface area (Å²) in [6.45, 7) is 0.0698. The van der Waals surface area contributed by atoms with Gasteiger partial charge in [-0.1, -0.05) is 6.42 Å². The summed E-state index contributed by atoms with van der Waals surface area (Å²) in [6, 6.07) is 0. The zero-order valence-corrected chi connectivity index (χ0v) is 7.95. The third kappa shape index (κ3) is 2.23. The summed E-state index contributed by atoms with van der Waals surface area (Å²) in [5.74, 6) is -1.18. The van der Waals surface area contributed by atoms with E-state index in [0.717, 1.165) is 6.42 Å². The maximum atomic E-state index is 11.2. The molecule has 0 atom stereocenters. The van der Waals surface area contributed by atoms with Gasteiger partial charge in [0.05, 0.1) is 12.0 Å². The molecule has 0 radical (unpaired) electrons. The van der Waals surface area contributed by atoms with Crippen LogP contribution in [0.2, 0.25) is 0 Å². The van der Waals surface area contributed by atoms with Crippen LogP contribution in [0.15, 0.2) is 0 Å². The molecule has 5 heteroatoms. The number of nitrogens with one attached hydrogen (secondary N) is 1. The van der Waals surface area contributed by atoms with E-state index in [0.29, 0.717) is 12.8 Å². The van der Waals surface area contributed by atoms with Crippen molar-refractivity contribution in [2.24, 2.45) is 5.41 Å². The fourth-order valence-corrected chi connectivity index (χ4v) is 1.63. The predicted octanol–water partition coefficient (Wildman–Crippen LogP) is -0.260. The minimum atomic E-state index is -0.886. The van der Waals surface area contributed by atoms with Crippen molar-refractivity contribution in [3.05, 3.63) is 0 Å². The van der Waals surface area contributed by atoms with Gasteiger partial charge in [0.25, 0.3) is 0 Å². The Labute approximate surface area is 82.1 Å². The molecular formula is C9H15NO4. The van der Waals surface area contributed by atoms with Crippen molar-refractivity contribution in [1.29, 1.82) is 0 Å². The Balaban J connectivity index is 2.41. The molecule has 1 aliphatic rings. The number of amides is 1. The number of carbonyl (C=O) groups is 2. The number of aliphatic carboxylic acids is 1. The first-order chi connectivity index (χ1) is 6.60. The molecule has 1 rings (SSSR count). The van der Waals surface area contributed by atoms with Gasteiger partial charge >= 0.3 is 5.97 Å². The second-order valence-electron chi connectivity index (χ2n) is 3.69. The lowest BCUT2D eigenvalue weighted by Gasteiger charge is -2.36. The lowest BCUT2D eigenvalue weighted by molar-refractivity contribution is -0.157. The topological polar surface area (TPSA) is 86.6 Å². The second kappa shape index (κ2) is 4.41. The molecule has 5 nitrogen and oxygen atoms in total. The third-order valence-corrected chi connectivity index (χ3v) is 2.70. The van der Waals surface area contributed by atoms with Crippen LogP contribution in [0.3, 0.4) is 0 Å². The third-order valence-electron chi connectivity index (χ3n) is 2.70. The van der Waals surface area contributed by atoms with E-state index in [1.54, 1.807) is 0 Å². The molecule has 1 amide bonds. The highest BCUT2D eigenvalue weighted by Gasteiger charge is 2.45. The van der Waals surface area contributed by atoms with Gasteiger partial charge < -0.3 is 15.5 Å². The zero-order valence-electron chi connectivity index (χ0n) is 7.95.